The van der Waals surface area contributed by atoms with Crippen molar-refractivity contribution in [1.82, 2.24) is 4.90 Å². The largest absolute Gasteiger partial charge is 0.481 e. The molecule has 5 nitrogen and oxygen atoms in total. The molecule has 0 aliphatic carbocycles. The van der Waals surface area contributed by atoms with Gasteiger partial charge < -0.3 is 14.7 Å². The fraction of sp³-hybridized carbons (Fsp3) is 0.429. The van der Waals surface area contributed by atoms with E-state index in [4.69, 9.17) is 4.74 Å². The molecule has 1 aromatic carbocycles. The molecule has 2 saturated heterocycles. The van der Waals surface area contributed by atoms with E-state index >= 15 is 0 Å². The van der Waals surface area contributed by atoms with Gasteiger partial charge in [0.2, 0.25) is 5.91 Å². The van der Waals surface area contributed by atoms with Crippen LogP contribution in [0.15, 0.2) is 54.6 Å². The van der Waals surface area contributed by atoms with Gasteiger partial charge in [-0.05, 0) is 25.3 Å². The summed E-state index contributed by atoms with van der Waals surface area (Å²) in [5, 5.41) is 9.66. The quantitative estimate of drug-likeness (QED) is 0.798. The van der Waals surface area contributed by atoms with Crippen LogP contribution in [0, 0.1) is 11.8 Å². The molecular weight excluding hydrogens is 330 g/mol. The maximum Gasteiger partial charge on any atom is 0.310 e. The van der Waals surface area contributed by atoms with Crippen LogP contribution >= 0.6 is 0 Å². The van der Waals surface area contributed by atoms with Gasteiger partial charge in [-0.2, -0.15) is 0 Å². The summed E-state index contributed by atoms with van der Waals surface area (Å²) < 4.78 is 6.13. The van der Waals surface area contributed by atoms with Crippen molar-refractivity contribution in [2.75, 3.05) is 6.54 Å². The van der Waals surface area contributed by atoms with Crippen LogP contribution in [-0.2, 0) is 20.7 Å². The molecule has 3 aliphatic rings. The van der Waals surface area contributed by atoms with Gasteiger partial charge in [0.25, 0.3) is 0 Å². The number of amides is 1. The molecule has 5 heteroatoms. The van der Waals surface area contributed by atoms with E-state index in [2.05, 4.69) is 6.58 Å². The van der Waals surface area contributed by atoms with E-state index in [1.807, 2.05) is 54.3 Å². The highest BCUT2D eigenvalue weighted by Crippen LogP contribution is 2.55. The van der Waals surface area contributed by atoms with Gasteiger partial charge in [0, 0.05) is 6.54 Å². The first-order valence-corrected chi connectivity index (χ1v) is 9.03. The standard InChI is InChI=1S/C21H23NO4/c1-13(2)12-16-21-10-8-15(26-21)17(20(24)25)18(21)19(23)22(16)11-9-14-6-4-3-5-7-14/h3-8,10,15-18H,1,9,11-12H2,2H3,(H,24,25)/t15-,16+,17-,18-,21-/m1/s1. The minimum atomic E-state index is -0.960. The zero-order valence-electron chi connectivity index (χ0n) is 14.8. The molecule has 3 heterocycles. The van der Waals surface area contributed by atoms with Gasteiger partial charge in [-0.3, -0.25) is 9.59 Å². The molecule has 1 aromatic rings. The van der Waals surface area contributed by atoms with Gasteiger partial charge in [-0.15, -0.1) is 6.58 Å². The Balaban J connectivity index is 1.65. The zero-order chi connectivity index (χ0) is 18.5. The number of carboxylic acid groups (broad SMARTS) is 1. The van der Waals surface area contributed by atoms with Gasteiger partial charge >= 0.3 is 5.97 Å². The van der Waals surface area contributed by atoms with Crippen molar-refractivity contribution in [3.8, 4) is 0 Å². The lowest BCUT2D eigenvalue weighted by atomic mass is 9.74. The van der Waals surface area contributed by atoms with Crippen LogP contribution in [0.3, 0.4) is 0 Å². The summed E-state index contributed by atoms with van der Waals surface area (Å²) in [5.41, 5.74) is 1.28. The normalized spacial score (nSPS) is 34.3. The third kappa shape index (κ3) is 2.42. The second kappa shape index (κ2) is 6.09. The first-order valence-electron chi connectivity index (χ1n) is 9.03. The van der Waals surface area contributed by atoms with Crippen molar-refractivity contribution in [3.63, 3.8) is 0 Å². The Bertz CT molecular complexity index is 786. The van der Waals surface area contributed by atoms with Crippen LogP contribution in [0.5, 0.6) is 0 Å². The lowest BCUT2D eigenvalue weighted by Crippen LogP contribution is -2.45. The minimum Gasteiger partial charge on any atom is -0.481 e. The summed E-state index contributed by atoms with van der Waals surface area (Å²) in [6.07, 6.45) is 4.57. The van der Waals surface area contributed by atoms with Crippen molar-refractivity contribution in [3.05, 3.63) is 60.2 Å². The summed E-state index contributed by atoms with van der Waals surface area (Å²) in [7, 11) is 0. The SMILES string of the molecule is C=C(C)C[C@@H]1N(CCc2ccccc2)C(=O)[C@H]2[C@H](C(=O)O)[C@H]3C=C[C@@]12O3. The number of benzene rings is 1. The molecular formula is C21H23NO4. The first-order chi connectivity index (χ1) is 12.4. The molecule has 26 heavy (non-hydrogen) atoms. The van der Waals surface area contributed by atoms with Crippen molar-refractivity contribution >= 4 is 11.9 Å². The van der Waals surface area contributed by atoms with Crippen LogP contribution in [0.25, 0.3) is 0 Å². The second-order valence-electron chi connectivity index (χ2n) is 7.58. The number of ether oxygens (including phenoxy) is 1. The van der Waals surface area contributed by atoms with E-state index in [0.29, 0.717) is 13.0 Å². The number of hydrogen-bond acceptors (Lipinski definition) is 3. The fourth-order valence-electron chi connectivity index (χ4n) is 4.76. The topological polar surface area (TPSA) is 66.8 Å². The van der Waals surface area contributed by atoms with Crippen LogP contribution in [0.1, 0.15) is 18.9 Å². The van der Waals surface area contributed by atoms with Crippen molar-refractivity contribution in [2.45, 2.75) is 37.5 Å². The Morgan fingerprint density at radius 2 is 2.08 bits per heavy atom. The molecule has 1 spiro atoms. The Morgan fingerprint density at radius 3 is 2.73 bits per heavy atom. The highest BCUT2D eigenvalue weighted by atomic mass is 16.5. The maximum atomic E-state index is 13.2. The van der Waals surface area contributed by atoms with Gasteiger partial charge in [0.15, 0.2) is 0 Å². The fourth-order valence-corrected chi connectivity index (χ4v) is 4.76. The molecule has 0 unspecified atom stereocenters. The van der Waals surface area contributed by atoms with E-state index < -0.39 is 29.5 Å². The third-order valence-electron chi connectivity index (χ3n) is 5.84. The van der Waals surface area contributed by atoms with Crippen LogP contribution in [0.4, 0.5) is 0 Å². The monoisotopic (exact) mass is 353 g/mol. The second-order valence-corrected chi connectivity index (χ2v) is 7.58. The number of nitrogens with zero attached hydrogens (tertiary/aromatic N) is 1. The molecule has 2 fully saturated rings. The van der Waals surface area contributed by atoms with Crippen LogP contribution in [-0.4, -0.2) is 46.2 Å². The van der Waals surface area contributed by atoms with E-state index in [1.165, 1.54) is 0 Å². The lowest BCUT2D eigenvalue weighted by molar-refractivity contribution is -0.148. The number of fused-ring (bicyclic) bond motifs is 1. The molecule has 1 amide bonds. The number of likely N-dealkylation sites (tertiary alicyclic amines) is 1. The first kappa shape index (κ1) is 17.0. The van der Waals surface area contributed by atoms with Crippen LogP contribution < -0.4 is 0 Å². The smallest absolute Gasteiger partial charge is 0.310 e. The Hall–Kier alpha value is -2.40. The van der Waals surface area contributed by atoms with Crippen LogP contribution in [0.2, 0.25) is 0 Å². The number of rotatable bonds is 6. The summed E-state index contributed by atoms with van der Waals surface area (Å²) >= 11 is 0. The average Bonchev–Trinajstić information content (AvgIpc) is 3.24. The molecule has 4 rings (SSSR count). The summed E-state index contributed by atoms with van der Waals surface area (Å²) in [4.78, 5) is 26.8. The predicted octanol–water partition coefficient (Wildman–Crippen LogP) is 2.43. The summed E-state index contributed by atoms with van der Waals surface area (Å²) in [6, 6.07) is 9.80. The number of carbonyl (C=O) groups is 2. The maximum absolute atomic E-state index is 13.2. The predicted molar refractivity (Wildman–Crippen MR) is 96.4 cm³/mol. The number of carboxylic acids is 1. The van der Waals surface area contributed by atoms with E-state index in [0.717, 1.165) is 17.6 Å². The van der Waals surface area contributed by atoms with Crippen molar-refractivity contribution in [2.24, 2.45) is 11.8 Å². The Morgan fingerprint density at radius 1 is 1.35 bits per heavy atom. The summed E-state index contributed by atoms with van der Waals surface area (Å²) in [6.45, 7) is 6.49. The molecule has 1 N–H and O–H groups in total. The lowest BCUT2D eigenvalue weighted by Gasteiger charge is -2.33. The molecule has 0 saturated carbocycles. The highest BCUT2D eigenvalue weighted by Gasteiger charge is 2.70. The summed E-state index contributed by atoms with van der Waals surface area (Å²) in [5.74, 6) is -2.51. The van der Waals surface area contributed by atoms with Gasteiger partial charge in [0.05, 0.1) is 18.1 Å². The molecule has 3 aliphatic heterocycles. The Kier molecular flexibility index (Phi) is 3.99. The molecule has 2 bridgehead atoms. The molecule has 0 radical (unpaired) electrons. The van der Waals surface area contributed by atoms with Crippen molar-refractivity contribution < 1.29 is 19.4 Å². The highest BCUT2D eigenvalue weighted by molar-refractivity contribution is 5.91. The van der Waals surface area contributed by atoms with Gasteiger partial charge in [-0.25, -0.2) is 0 Å². The van der Waals surface area contributed by atoms with Crippen molar-refractivity contribution in [1.29, 1.82) is 0 Å². The average molecular weight is 353 g/mol. The minimum absolute atomic E-state index is 0.105. The number of aliphatic carboxylic acids is 1. The van der Waals surface area contributed by atoms with Gasteiger partial charge in [0.1, 0.15) is 11.5 Å². The molecule has 136 valence electrons. The number of hydrogen-bond donors (Lipinski definition) is 1. The molecule has 5 atom stereocenters. The van der Waals surface area contributed by atoms with E-state index in [-0.39, 0.29) is 11.9 Å². The van der Waals surface area contributed by atoms with E-state index in [9.17, 15) is 14.7 Å². The van der Waals surface area contributed by atoms with E-state index in [1.54, 1.807) is 0 Å². The Labute approximate surface area is 152 Å². The zero-order valence-corrected chi connectivity index (χ0v) is 14.8. The number of carbonyl (C=O) groups excluding carboxylic acids is 1. The third-order valence-corrected chi connectivity index (χ3v) is 5.84. The van der Waals surface area contributed by atoms with Gasteiger partial charge in [-0.1, -0.05) is 48.1 Å². The molecule has 0 aromatic heterocycles.